The number of aromatic nitrogens is 3. The molecule has 6 N–H and O–H groups in total. The van der Waals surface area contributed by atoms with Gasteiger partial charge in [0.1, 0.15) is 5.69 Å². The van der Waals surface area contributed by atoms with Crippen LogP contribution in [-0.4, -0.2) is 57.4 Å². The first-order valence-corrected chi connectivity index (χ1v) is 13.9. The number of aromatic amines is 1. The van der Waals surface area contributed by atoms with Gasteiger partial charge >= 0.3 is 30.5 Å². The van der Waals surface area contributed by atoms with Crippen LogP contribution in [0.2, 0.25) is 0 Å². The number of hydrogen-bond acceptors (Lipinski definition) is 8. The Morgan fingerprint density at radius 3 is 1.57 bits per heavy atom. The van der Waals surface area contributed by atoms with Crippen molar-refractivity contribution in [1.82, 2.24) is 15.0 Å². The Morgan fingerprint density at radius 2 is 1.20 bits per heavy atom. The number of hydrogen-bond donors (Lipinski definition) is 1. The van der Waals surface area contributed by atoms with Crippen molar-refractivity contribution in [3.8, 4) is 11.5 Å². The molecule has 11 nitrogen and oxygen atoms in total. The molecule has 0 bridgehead atoms. The molecule has 0 aliphatic rings. The van der Waals surface area contributed by atoms with Crippen LogP contribution in [0.3, 0.4) is 0 Å². The van der Waals surface area contributed by atoms with E-state index in [9.17, 15) is 26.3 Å². The Bertz CT molecular complexity index is 1530. The molecule has 0 fully saturated rings. The van der Waals surface area contributed by atoms with Crippen LogP contribution in [0.1, 0.15) is 30.9 Å². The van der Waals surface area contributed by atoms with Crippen LogP contribution < -0.4 is 0 Å². The van der Waals surface area contributed by atoms with E-state index < -0.39 is 31.3 Å². The minimum Gasteiger partial charge on any atom is -0.741 e. The SMILES string of the molecule is Cc1ccc(C(C)C)cc1.O.O=S(=O)([O-])C(F)(F)F.O=S(=O)([O-])C(F)(F)F.[OH3+].[Ru+2].c1ccc(-c2nc3ccccc3[nH]2)nc1. The number of fused-ring (bicyclic) bond motifs is 1. The Labute approximate surface area is 261 Å². The molecule has 2 heterocycles. The number of imidazole rings is 1. The number of rotatable bonds is 2. The molecule has 0 radical (unpaired) electrons. The first-order chi connectivity index (χ1) is 18.6. The van der Waals surface area contributed by atoms with Crippen molar-refractivity contribution in [3.63, 3.8) is 0 Å². The van der Waals surface area contributed by atoms with Gasteiger partial charge in [0, 0.05) is 6.20 Å². The topological polar surface area (TPSA) is 220 Å². The van der Waals surface area contributed by atoms with Crippen molar-refractivity contribution in [1.29, 1.82) is 0 Å². The van der Waals surface area contributed by atoms with Crippen molar-refractivity contribution >= 4 is 31.3 Å². The Kier molecular flexibility index (Phi) is 19.3. The molecule has 0 atom stereocenters. The number of para-hydroxylation sites is 2. The fraction of sp³-hybridized carbons (Fsp3) is 0.250. The van der Waals surface area contributed by atoms with Crippen molar-refractivity contribution in [2.45, 2.75) is 37.7 Å². The molecular weight excluding hydrogens is 737 g/mol. The summed E-state index contributed by atoms with van der Waals surface area (Å²) in [4.78, 5) is 12.0. The third-order valence-corrected chi connectivity index (χ3v) is 5.74. The second kappa shape index (κ2) is 18.7. The Balaban J connectivity index is -0.000000520. The quantitative estimate of drug-likeness (QED) is 0.103. The molecule has 20 heteroatoms. The van der Waals surface area contributed by atoms with Crippen molar-refractivity contribution in [3.05, 3.63) is 84.1 Å². The normalized spacial score (nSPS) is 11.1. The summed E-state index contributed by atoms with van der Waals surface area (Å²) in [5.74, 6) is 1.47. The van der Waals surface area contributed by atoms with E-state index in [4.69, 9.17) is 25.9 Å². The van der Waals surface area contributed by atoms with Gasteiger partial charge < -0.3 is 25.0 Å². The van der Waals surface area contributed by atoms with Gasteiger partial charge in [0.15, 0.2) is 26.1 Å². The summed E-state index contributed by atoms with van der Waals surface area (Å²) in [7, 11) is -12.2. The second-order valence-corrected chi connectivity index (χ2v) is 10.9. The van der Waals surface area contributed by atoms with E-state index in [0.29, 0.717) is 5.92 Å². The molecule has 248 valence electrons. The molecule has 44 heavy (non-hydrogen) atoms. The van der Waals surface area contributed by atoms with Crippen LogP contribution in [0, 0.1) is 6.92 Å². The van der Waals surface area contributed by atoms with Gasteiger partial charge in [-0.1, -0.05) is 61.9 Å². The van der Waals surface area contributed by atoms with E-state index >= 15 is 0 Å². The van der Waals surface area contributed by atoms with E-state index in [1.807, 2.05) is 42.5 Å². The van der Waals surface area contributed by atoms with Crippen LogP contribution in [-0.2, 0) is 45.2 Å². The molecule has 0 amide bonds. The number of halogens is 6. The van der Waals surface area contributed by atoms with Gasteiger partial charge in [0.05, 0.1) is 11.0 Å². The average Bonchev–Trinajstić information content (AvgIpc) is 3.28. The summed E-state index contributed by atoms with van der Waals surface area (Å²) in [5, 5.41) is 0. The monoisotopic (exact) mass is 766 g/mol. The van der Waals surface area contributed by atoms with E-state index in [2.05, 4.69) is 60.0 Å². The van der Waals surface area contributed by atoms with Crippen LogP contribution in [0.4, 0.5) is 26.3 Å². The van der Waals surface area contributed by atoms with E-state index in [1.165, 1.54) is 11.1 Å². The number of nitrogens with zero attached hydrogens (tertiary/aromatic N) is 2. The first-order valence-electron chi connectivity index (χ1n) is 11.1. The molecule has 2 aromatic carbocycles. The van der Waals surface area contributed by atoms with Gasteiger partial charge in [-0.2, -0.15) is 26.3 Å². The third kappa shape index (κ3) is 15.6. The van der Waals surface area contributed by atoms with Gasteiger partial charge in [-0.15, -0.1) is 0 Å². The molecule has 0 saturated heterocycles. The van der Waals surface area contributed by atoms with Gasteiger partial charge in [0.2, 0.25) is 0 Å². The van der Waals surface area contributed by atoms with Gasteiger partial charge in [-0.05, 0) is 42.7 Å². The summed E-state index contributed by atoms with van der Waals surface area (Å²) in [6.07, 6.45) is 1.77. The van der Waals surface area contributed by atoms with Crippen LogP contribution in [0.15, 0.2) is 72.9 Å². The van der Waals surface area contributed by atoms with Crippen molar-refractivity contribution in [2.24, 2.45) is 0 Å². The maximum absolute atomic E-state index is 10.7. The minimum absolute atomic E-state index is 0. The van der Waals surface area contributed by atoms with Crippen molar-refractivity contribution < 1.29 is 82.7 Å². The second-order valence-electron chi connectivity index (χ2n) is 8.18. The van der Waals surface area contributed by atoms with Crippen molar-refractivity contribution in [2.75, 3.05) is 0 Å². The van der Waals surface area contributed by atoms with Gasteiger partial charge in [-0.3, -0.25) is 4.98 Å². The Morgan fingerprint density at radius 1 is 0.773 bits per heavy atom. The number of aryl methyl sites for hydroxylation is 1. The standard InChI is InChI=1S/C12H9N3.C10H14.2CHF3O3S.2H2O.Ru/c1-2-6-10-9(5-1)14-12(15-10)11-7-3-4-8-13-11;1-8(2)10-6-4-9(3)5-7-10;2*2-1(3,4)8(5,6)7;;;/h1-8H,(H,14,15);4-8H,1-3H3;2*(H,5,6,7);2*1H2;/q;;;;;;+2/p-1. The predicted octanol–water partition coefficient (Wildman–Crippen LogP) is 4.10. The number of benzene rings is 2. The average molecular weight is 766 g/mol. The van der Waals surface area contributed by atoms with Gasteiger partial charge in [-0.25, -0.2) is 21.8 Å². The fourth-order valence-electron chi connectivity index (χ4n) is 2.53. The zero-order chi connectivity index (χ0) is 31.6. The zero-order valence-corrected chi connectivity index (χ0v) is 26.2. The van der Waals surface area contributed by atoms with E-state index in [0.717, 1.165) is 22.6 Å². The third-order valence-electron chi connectivity index (χ3n) is 4.61. The maximum atomic E-state index is 10.7. The Hall–Kier alpha value is -3.00. The largest absolute Gasteiger partial charge is 2.00 e. The fourth-order valence-corrected chi connectivity index (χ4v) is 2.53. The molecular formula is C24H28F6N3O8RuS2+. The summed E-state index contributed by atoms with van der Waals surface area (Å²) in [6, 6.07) is 22.5. The van der Waals surface area contributed by atoms with Crippen LogP contribution in [0.25, 0.3) is 22.6 Å². The molecule has 0 aliphatic carbocycles. The van der Waals surface area contributed by atoms with Gasteiger partial charge in [0.25, 0.3) is 0 Å². The smallest absolute Gasteiger partial charge is 0.741 e. The molecule has 0 spiro atoms. The molecule has 0 saturated carbocycles. The molecule has 0 unspecified atom stereocenters. The van der Waals surface area contributed by atoms with Crippen LogP contribution >= 0.6 is 0 Å². The summed E-state index contributed by atoms with van der Waals surface area (Å²) in [6.45, 7) is 6.54. The molecule has 2 aromatic heterocycles. The number of pyridine rings is 1. The first kappa shape index (κ1) is 45.4. The van der Waals surface area contributed by atoms with E-state index in [1.54, 1.807) is 6.20 Å². The number of H-pyrrole nitrogens is 1. The predicted molar refractivity (Wildman–Crippen MR) is 145 cm³/mol. The number of alkyl halides is 6. The molecule has 4 aromatic rings. The summed E-state index contributed by atoms with van der Waals surface area (Å²) >= 11 is 0. The molecule has 4 rings (SSSR count). The summed E-state index contributed by atoms with van der Waals surface area (Å²) < 4.78 is 118. The van der Waals surface area contributed by atoms with E-state index in [-0.39, 0.29) is 30.4 Å². The zero-order valence-electron chi connectivity index (χ0n) is 22.9. The maximum Gasteiger partial charge on any atom is 2.00 e. The number of nitrogens with one attached hydrogen (secondary N) is 1. The van der Waals surface area contributed by atoms with Crippen LogP contribution in [0.5, 0.6) is 0 Å². The minimum atomic E-state index is -6.09. The summed E-state index contributed by atoms with van der Waals surface area (Å²) in [5.41, 5.74) is -5.65. The molecule has 0 aliphatic heterocycles.